The number of rotatable bonds is 1. The number of benzene rings is 1. The van der Waals surface area contributed by atoms with Gasteiger partial charge in [-0.15, -0.1) is 0 Å². The van der Waals surface area contributed by atoms with E-state index in [0.717, 1.165) is 5.92 Å². The van der Waals surface area contributed by atoms with Crippen molar-refractivity contribution in [2.24, 2.45) is 5.92 Å². The van der Waals surface area contributed by atoms with Crippen LogP contribution in [0.2, 0.25) is 0 Å². The maximum absolute atomic E-state index is 2.36. The van der Waals surface area contributed by atoms with Gasteiger partial charge in [0.2, 0.25) is 0 Å². The molecule has 0 aromatic heterocycles. The van der Waals surface area contributed by atoms with E-state index >= 15 is 0 Å². The van der Waals surface area contributed by atoms with Crippen molar-refractivity contribution in [3.8, 4) is 0 Å². The summed E-state index contributed by atoms with van der Waals surface area (Å²) >= 11 is 0. The molecule has 0 atom stereocenters. The summed E-state index contributed by atoms with van der Waals surface area (Å²) in [6, 6.07) is 10.5. The van der Waals surface area contributed by atoms with Crippen molar-refractivity contribution in [2.75, 3.05) is 0 Å². The van der Waals surface area contributed by atoms with Crippen molar-refractivity contribution in [3.05, 3.63) is 35.9 Å². The molecule has 0 aliphatic heterocycles. The number of hydrogen-bond acceptors (Lipinski definition) is 0. The van der Waals surface area contributed by atoms with Gasteiger partial charge in [-0.05, 0) is 17.4 Å². The molecule has 0 heterocycles. The van der Waals surface area contributed by atoms with Crippen molar-refractivity contribution in [1.29, 1.82) is 0 Å². The van der Waals surface area contributed by atoms with Gasteiger partial charge in [-0.3, -0.25) is 0 Å². The molecule has 0 bridgehead atoms. The molecule has 0 heteroatoms. The SMILES string of the molecule is CC(C)c1ccccc1.CC1CCCCC1. The van der Waals surface area contributed by atoms with Crippen LogP contribution in [0.5, 0.6) is 0 Å². The summed E-state index contributed by atoms with van der Waals surface area (Å²) in [5.41, 5.74) is 1.41. The van der Waals surface area contributed by atoms with Gasteiger partial charge in [-0.1, -0.05) is 83.2 Å². The fourth-order valence-electron chi connectivity index (χ4n) is 2.14. The summed E-state index contributed by atoms with van der Waals surface area (Å²) in [7, 11) is 0. The minimum absolute atomic E-state index is 0.659. The first kappa shape index (κ1) is 13.3. The quantitative estimate of drug-likeness (QED) is 0.592. The lowest BCUT2D eigenvalue weighted by atomic mass is 9.91. The molecule has 0 unspecified atom stereocenters. The second kappa shape index (κ2) is 7.49. The highest BCUT2D eigenvalue weighted by Crippen LogP contribution is 2.22. The molecule has 1 aliphatic rings. The Kier molecular flexibility index (Phi) is 6.22. The molecule has 1 fully saturated rings. The Morgan fingerprint density at radius 1 is 0.938 bits per heavy atom. The summed E-state index contributed by atoms with van der Waals surface area (Å²) in [4.78, 5) is 0. The van der Waals surface area contributed by atoms with Crippen LogP contribution in [0.15, 0.2) is 30.3 Å². The van der Waals surface area contributed by atoms with Crippen LogP contribution in [-0.4, -0.2) is 0 Å². The summed E-state index contributed by atoms with van der Waals surface area (Å²) in [6.07, 6.45) is 7.44. The smallest absolute Gasteiger partial charge is 0.0219 e. The lowest BCUT2D eigenvalue weighted by molar-refractivity contribution is 0.385. The van der Waals surface area contributed by atoms with Crippen LogP contribution in [0.1, 0.15) is 64.4 Å². The van der Waals surface area contributed by atoms with E-state index in [2.05, 4.69) is 45.0 Å². The molecule has 1 aromatic rings. The summed E-state index contributed by atoms with van der Waals surface area (Å²) in [5.74, 6) is 1.69. The molecule has 2 rings (SSSR count). The van der Waals surface area contributed by atoms with Gasteiger partial charge in [0, 0.05) is 0 Å². The normalized spacial score (nSPS) is 16.8. The molecule has 0 N–H and O–H groups in total. The minimum atomic E-state index is 0.659. The topological polar surface area (TPSA) is 0 Å². The molecule has 1 saturated carbocycles. The Hall–Kier alpha value is -0.780. The predicted molar refractivity (Wildman–Crippen MR) is 72.8 cm³/mol. The number of hydrogen-bond donors (Lipinski definition) is 0. The van der Waals surface area contributed by atoms with Crippen LogP contribution in [0, 0.1) is 5.92 Å². The maximum atomic E-state index is 2.36. The summed E-state index contributed by atoms with van der Waals surface area (Å²) in [6.45, 7) is 6.77. The van der Waals surface area contributed by atoms with Crippen LogP contribution in [0.3, 0.4) is 0 Å². The van der Waals surface area contributed by atoms with Gasteiger partial charge in [0.15, 0.2) is 0 Å². The standard InChI is InChI=1S/C9H12.C7H14/c1-8(2)9-6-4-3-5-7-9;1-7-5-3-2-4-6-7/h3-8H,1-2H3;7H,2-6H2,1H3. The molecule has 16 heavy (non-hydrogen) atoms. The van der Waals surface area contributed by atoms with Crippen LogP contribution in [-0.2, 0) is 0 Å². The Labute approximate surface area is 101 Å². The zero-order chi connectivity index (χ0) is 11.8. The second-order valence-electron chi connectivity index (χ2n) is 5.31. The Morgan fingerprint density at radius 2 is 1.50 bits per heavy atom. The molecular formula is C16H26. The van der Waals surface area contributed by atoms with Crippen LogP contribution >= 0.6 is 0 Å². The monoisotopic (exact) mass is 218 g/mol. The average molecular weight is 218 g/mol. The largest absolute Gasteiger partial charge is 0.0625 e. The average Bonchev–Trinajstić information content (AvgIpc) is 2.32. The zero-order valence-electron chi connectivity index (χ0n) is 11.1. The van der Waals surface area contributed by atoms with Gasteiger partial charge in [-0.25, -0.2) is 0 Å². The fraction of sp³-hybridized carbons (Fsp3) is 0.625. The van der Waals surface area contributed by atoms with E-state index in [4.69, 9.17) is 0 Å². The van der Waals surface area contributed by atoms with Crippen molar-refractivity contribution in [3.63, 3.8) is 0 Å². The summed E-state index contributed by atoms with van der Waals surface area (Å²) < 4.78 is 0. The van der Waals surface area contributed by atoms with Crippen molar-refractivity contribution in [1.82, 2.24) is 0 Å². The highest BCUT2D eigenvalue weighted by molar-refractivity contribution is 5.17. The van der Waals surface area contributed by atoms with Gasteiger partial charge in [0.05, 0.1) is 0 Å². The van der Waals surface area contributed by atoms with E-state index in [1.165, 1.54) is 37.7 Å². The maximum Gasteiger partial charge on any atom is -0.0219 e. The fourth-order valence-corrected chi connectivity index (χ4v) is 2.14. The first-order valence-electron chi connectivity index (χ1n) is 6.75. The second-order valence-corrected chi connectivity index (χ2v) is 5.31. The first-order valence-corrected chi connectivity index (χ1v) is 6.75. The lowest BCUT2D eigenvalue weighted by Crippen LogP contribution is -1.99. The van der Waals surface area contributed by atoms with E-state index < -0.39 is 0 Å². The van der Waals surface area contributed by atoms with E-state index in [9.17, 15) is 0 Å². The van der Waals surface area contributed by atoms with Crippen LogP contribution in [0.25, 0.3) is 0 Å². The molecule has 0 amide bonds. The highest BCUT2D eigenvalue weighted by Gasteiger charge is 2.05. The summed E-state index contributed by atoms with van der Waals surface area (Å²) in [5, 5.41) is 0. The van der Waals surface area contributed by atoms with Gasteiger partial charge >= 0.3 is 0 Å². The van der Waals surface area contributed by atoms with E-state index in [0.29, 0.717) is 5.92 Å². The van der Waals surface area contributed by atoms with E-state index in [1.807, 2.05) is 6.07 Å². The van der Waals surface area contributed by atoms with Crippen molar-refractivity contribution in [2.45, 2.75) is 58.8 Å². The predicted octanol–water partition coefficient (Wildman–Crippen LogP) is 5.40. The zero-order valence-corrected chi connectivity index (χ0v) is 11.1. The third-order valence-electron chi connectivity index (χ3n) is 3.36. The van der Waals surface area contributed by atoms with Crippen LogP contribution < -0.4 is 0 Å². The lowest BCUT2D eigenvalue weighted by Gasteiger charge is -2.15. The third kappa shape index (κ3) is 5.34. The Balaban J connectivity index is 0.000000165. The third-order valence-corrected chi connectivity index (χ3v) is 3.36. The van der Waals surface area contributed by atoms with Gasteiger partial charge in [-0.2, -0.15) is 0 Å². The van der Waals surface area contributed by atoms with Crippen molar-refractivity contribution >= 4 is 0 Å². The van der Waals surface area contributed by atoms with Gasteiger partial charge in [0.25, 0.3) is 0 Å². The Morgan fingerprint density at radius 3 is 1.81 bits per heavy atom. The molecule has 90 valence electrons. The molecule has 0 spiro atoms. The Bertz CT molecular complexity index is 255. The molecule has 1 aliphatic carbocycles. The first-order chi connectivity index (χ1) is 7.70. The van der Waals surface area contributed by atoms with Crippen molar-refractivity contribution < 1.29 is 0 Å². The van der Waals surface area contributed by atoms with E-state index in [-0.39, 0.29) is 0 Å². The molecule has 0 radical (unpaired) electrons. The van der Waals surface area contributed by atoms with Gasteiger partial charge < -0.3 is 0 Å². The highest BCUT2D eigenvalue weighted by atomic mass is 14.1. The molecule has 1 aromatic carbocycles. The van der Waals surface area contributed by atoms with Crippen LogP contribution in [0.4, 0.5) is 0 Å². The molecule has 0 nitrogen and oxygen atoms in total. The molecule has 0 saturated heterocycles. The minimum Gasteiger partial charge on any atom is -0.0625 e. The molecular weight excluding hydrogens is 192 g/mol. The van der Waals surface area contributed by atoms with Gasteiger partial charge in [0.1, 0.15) is 0 Å². The van der Waals surface area contributed by atoms with E-state index in [1.54, 1.807) is 0 Å².